The SMILES string of the molecule is CNC(c1cccc(N(C)C)c1)c1ccc(C)cc1C. The summed E-state index contributed by atoms with van der Waals surface area (Å²) in [5, 5.41) is 3.44. The number of nitrogens with one attached hydrogen (secondary N) is 1. The molecule has 0 aromatic heterocycles. The van der Waals surface area contributed by atoms with Crippen molar-refractivity contribution in [1.29, 1.82) is 0 Å². The first-order valence-electron chi connectivity index (χ1n) is 7.04. The van der Waals surface area contributed by atoms with E-state index in [0.29, 0.717) is 0 Å². The monoisotopic (exact) mass is 268 g/mol. The molecule has 0 spiro atoms. The van der Waals surface area contributed by atoms with Crippen molar-refractivity contribution in [2.75, 3.05) is 26.0 Å². The van der Waals surface area contributed by atoms with Gasteiger partial charge in [0, 0.05) is 19.8 Å². The summed E-state index contributed by atoms with van der Waals surface area (Å²) in [6.45, 7) is 4.32. The Labute approximate surface area is 122 Å². The second kappa shape index (κ2) is 6.10. The van der Waals surface area contributed by atoms with E-state index in [9.17, 15) is 0 Å². The Kier molecular flexibility index (Phi) is 4.46. The molecule has 2 aromatic rings. The molecule has 2 aromatic carbocycles. The van der Waals surface area contributed by atoms with Crippen molar-refractivity contribution in [1.82, 2.24) is 5.32 Å². The number of hydrogen-bond acceptors (Lipinski definition) is 2. The van der Waals surface area contributed by atoms with Gasteiger partial charge in [-0.1, -0.05) is 35.9 Å². The molecule has 0 aliphatic carbocycles. The zero-order chi connectivity index (χ0) is 14.7. The van der Waals surface area contributed by atoms with Crippen LogP contribution in [0.25, 0.3) is 0 Å². The van der Waals surface area contributed by atoms with Gasteiger partial charge in [0.2, 0.25) is 0 Å². The van der Waals surface area contributed by atoms with Crippen molar-refractivity contribution in [2.24, 2.45) is 0 Å². The second-order valence-electron chi connectivity index (χ2n) is 5.57. The predicted octanol–water partition coefficient (Wildman–Crippen LogP) is 3.68. The van der Waals surface area contributed by atoms with E-state index < -0.39 is 0 Å². The van der Waals surface area contributed by atoms with E-state index in [-0.39, 0.29) is 6.04 Å². The van der Waals surface area contributed by atoms with Crippen LogP contribution in [0.15, 0.2) is 42.5 Å². The zero-order valence-corrected chi connectivity index (χ0v) is 13.1. The summed E-state index contributed by atoms with van der Waals surface area (Å²) in [5.41, 5.74) is 6.51. The van der Waals surface area contributed by atoms with Crippen molar-refractivity contribution in [3.63, 3.8) is 0 Å². The first-order valence-corrected chi connectivity index (χ1v) is 7.04. The Balaban J connectivity index is 2.44. The summed E-state index contributed by atoms with van der Waals surface area (Å²) < 4.78 is 0. The average molecular weight is 268 g/mol. The molecule has 20 heavy (non-hydrogen) atoms. The number of anilines is 1. The lowest BCUT2D eigenvalue weighted by Gasteiger charge is -2.22. The van der Waals surface area contributed by atoms with Crippen LogP contribution in [0.5, 0.6) is 0 Å². The van der Waals surface area contributed by atoms with Crippen molar-refractivity contribution in [3.8, 4) is 0 Å². The van der Waals surface area contributed by atoms with Gasteiger partial charge in [-0.15, -0.1) is 0 Å². The van der Waals surface area contributed by atoms with Crippen molar-refractivity contribution >= 4 is 5.69 Å². The lowest BCUT2D eigenvalue weighted by Crippen LogP contribution is -2.19. The standard InChI is InChI=1S/C18H24N2/c1-13-9-10-17(14(2)11-13)18(19-3)15-7-6-8-16(12-15)20(4)5/h6-12,18-19H,1-5H3. The van der Waals surface area contributed by atoms with Crippen molar-refractivity contribution < 1.29 is 0 Å². The van der Waals surface area contributed by atoms with Crippen LogP contribution >= 0.6 is 0 Å². The van der Waals surface area contributed by atoms with Crippen LogP contribution in [-0.2, 0) is 0 Å². The minimum absolute atomic E-state index is 0.232. The fourth-order valence-corrected chi connectivity index (χ4v) is 2.63. The number of rotatable bonds is 4. The summed E-state index contributed by atoms with van der Waals surface area (Å²) in [7, 11) is 6.17. The van der Waals surface area contributed by atoms with Crippen LogP contribution in [0.3, 0.4) is 0 Å². The summed E-state index contributed by atoms with van der Waals surface area (Å²) >= 11 is 0. The van der Waals surface area contributed by atoms with E-state index in [2.05, 4.69) is 80.6 Å². The molecule has 0 bridgehead atoms. The zero-order valence-electron chi connectivity index (χ0n) is 13.1. The maximum atomic E-state index is 3.44. The molecule has 0 heterocycles. The van der Waals surface area contributed by atoms with Gasteiger partial charge in [-0.25, -0.2) is 0 Å². The molecule has 0 radical (unpaired) electrons. The van der Waals surface area contributed by atoms with Crippen LogP contribution in [-0.4, -0.2) is 21.1 Å². The highest BCUT2D eigenvalue weighted by Gasteiger charge is 2.14. The van der Waals surface area contributed by atoms with Gasteiger partial charge in [0.25, 0.3) is 0 Å². The third kappa shape index (κ3) is 3.02. The topological polar surface area (TPSA) is 15.3 Å². The Morgan fingerprint density at radius 3 is 2.35 bits per heavy atom. The Morgan fingerprint density at radius 2 is 1.75 bits per heavy atom. The maximum Gasteiger partial charge on any atom is 0.0577 e. The van der Waals surface area contributed by atoms with Gasteiger partial charge in [-0.05, 0) is 49.7 Å². The summed E-state index contributed by atoms with van der Waals surface area (Å²) in [6.07, 6.45) is 0. The highest BCUT2D eigenvalue weighted by atomic mass is 15.1. The number of hydrogen-bond donors (Lipinski definition) is 1. The van der Waals surface area contributed by atoms with Crippen LogP contribution in [0.4, 0.5) is 5.69 Å². The Hall–Kier alpha value is -1.80. The van der Waals surface area contributed by atoms with E-state index >= 15 is 0 Å². The van der Waals surface area contributed by atoms with Crippen molar-refractivity contribution in [3.05, 3.63) is 64.7 Å². The van der Waals surface area contributed by atoms with E-state index in [1.54, 1.807) is 0 Å². The molecule has 2 nitrogen and oxygen atoms in total. The van der Waals surface area contributed by atoms with Crippen LogP contribution in [0.2, 0.25) is 0 Å². The molecule has 0 fully saturated rings. The largest absolute Gasteiger partial charge is 0.378 e. The minimum atomic E-state index is 0.232. The Bertz CT molecular complexity index is 588. The molecule has 0 saturated heterocycles. The normalized spacial score (nSPS) is 12.2. The molecule has 0 aliphatic rings. The van der Waals surface area contributed by atoms with Crippen LogP contribution in [0, 0.1) is 13.8 Å². The molecule has 1 N–H and O–H groups in total. The van der Waals surface area contributed by atoms with Gasteiger partial charge < -0.3 is 10.2 Å². The number of nitrogens with zero attached hydrogens (tertiary/aromatic N) is 1. The summed E-state index contributed by atoms with van der Waals surface area (Å²) in [4.78, 5) is 2.14. The fourth-order valence-electron chi connectivity index (χ4n) is 2.63. The summed E-state index contributed by atoms with van der Waals surface area (Å²) in [5.74, 6) is 0. The van der Waals surface area contributed by atoms with Gasteiger partial charge in [-0.2, -0.15) is 0 Å². The Morgan fingerprint density at radius 1 is 1.00 bits per heavy atom. The van der Waals surface area contributed by atoms with Gasteiger partial charge in [0.1, 0.15) is 0 Å². The van der Waals surface area contributed by atoms with Crippen molar-refractivity contribution in [2.45, 2.75) is 19.9 Å². The average Bonchev–Trinajstić information content (AvgIpc) is 2.42. The van der Waals surface area contributed by atoms with Gasteiger partial charge in [-0.3, -0.25) is 0 Å². The van der Waals surface area contributed by atoms with E-state index in [4.69, 9.17) is 0 Å². The molecular weight excluding hydrogens is 244 g/mol. The fraction of sp³-hybridized carbons (Fsp3) is 0.333. The van der Waals surface area contributed by atoms with Crippen LogP contribution < -0.4 is 10.2 Å². The highest BCUT2D eigenvalue weighted by molar-refractivity contribution is 5.50. The smallest absolute Gasteiger partial charge is 0.0577 e. The second-order valence-corrected chi connectivity index (χ2v) is 5.57. The lowest BCUT2D eigenvalue weighted by molar-refractivity contribution is 0.687. The molecule has 2 rings (SSSR count). The van der Waals surface area contributed by atoms with E-state index in [1.807, 2.05) is 7.05 Å². The first-order chi connectivity index (χ1) is 9.52. The molecule has 1 atom stereocenters. The van der Waals surface area contributed by atoms with Gasteiger partial charge in [0.05, 0.1) is 6.04 Å². The first kappa shape index (κ1) is 14.6. The summed E-state index contributed by atoms with van der Waals surface area (Å²) in [6, 6.07) is 15.6. The predicted molar refractivity (Wildman–Crippen MR) is 87.6 cm³/mol. The van der Waals surface area contributed by atoms with E-state index in [1.165, 1.54) is 27.9 Å². The van der Waals surface area contributed by atoms with E-state index in [0.717, 1.165) is 0 Å². The lowest BCUT2D eigenvalue weighted by atomic mass is 9.93. The third-order valence-electron chi connectivity index (χ3n) is 3.74. The quantitative estimate of drug-likeness (QED) is 0.910. The number of benzene rings is 2. The third-order valence-corrected chi connectivity index (χ3v) is 3.74. The minimum Gasteiger partial charge on any atom is -0.378 e. The number of aryl methyl sites for hydroxylation is 2. The molecule has 0 amide bonds. The molecule has 106 valence electrons. The molecular formula is C18H24N2. The molecule has 1 unspecified atom stereocenters. The molecule has 2 heteroatoms. The molecule has 0 aliphatic heterocycles. The van der Waals surface area contributed by atoms with Gasteiger partial charge >= 0.3 is 0 Å². The van der Waals surface area contributed by atoms with Gasteiger partial charge in [0.15, 0.2) is 0 Å². The maximum absolute atomic E-state index is 3.44. The highest BCUT2D eigenvalue weighted by Crippen LogP contribution is 2.27. The molecule has 0 saturated carbocycles. The van der Waals surface area contributed by atoms with Crippen LogP contribution in [0.1, 0.15) is 28.3 Å².